The number of nitrogens with zero attached hydrogens (tertiary/aromatic N) is 3. The predicted molar refractivity (Wildman–Crippen MR) is 276 cm³/mol. The van der Waals surface area contributed by atoms with Crippen LogP contribution in [0.4, 0.5) is 0 Å². The molecule has 0 amide bonds. The standard InChI is InChI=1S/C61H35N3S/c1-2-10-36(11-3-1)37-22-29-42(30-23-37)59-62-60(43-31-24-38(25-32-43)46-16-9-20-51-47-15-4-5-21-53(47)65-58(46)51)64-61(63-59)45-34-44-33-28-41-13-7-18-49-48-17-6-12-39-26-27-40-14-8-19-50(56(40)54(39)48)52(35-45)57(44)55(41)49/h1-35H. The average Bonchev–Trinajstić information content (AvgIpc) is 3.76. The molecule has 300 valence electrons. The van der Waals surface area contributed by atoms with E-state index in [1.54, 1.807) is 0 Å². The van der Waals surface area contributed by atoms with Gasteiger partial charge in [0.15, 0.2) is 17.5 Å². The summed E-state index contributed by atoms with van der Waals surface area (Å²) in [6, 6.07) is 77.0. The van der Waals surface area contributed by atoms with Crippen LogP contribution in [0.2, 0.25) is 0 Å². The molecule has 0 saturated heterocycles. The Labute approximate surface area is 377 Å². The molecule has 0 aliphatic heterocycles. The minimum atomic E-state index is 0.632. The van der Waals surface area contributed by atoms with E-state index >= 15 is 0 Å². The van der Waals surface area contributed by atoms with Crippen molar-refractivity contribution >= 4 is 96.1 Å². The minimum Gasteiger partial charge on any atom is -0.208 e. The molecule has 12 aromatic carbocycles. The lowest BCUT2D eigenvalue weighted by Gasteiger charge is -2.17. The van der Waals surface area contributed by atoms with Gasteiger partial charge >= 0.3 is 0 Å². The molecule has 14 aromatic rings. The van der Waals surface area contributed by atoms with Gasteiger partial charge in [-0.3, -0.25) is 0 Å². The molecular weight excluding hydrogens is 807 g/mol. The Morgan fingerprint density at radius 1 is 0.262 bits per heavy atom. The molecule has 0 N–H and O–H groups in total. The molecule has 0 bridgehead atoms. The van der Waals surface area contributed by atoms with Crippen LogP contribution in [0.5, 0.6) is 0 Å². The van der Waals surface area contributed by atoms with E-state index < -0.39 is 0 Å². The zero-order chi connectivity index (χ0) is 42.6. The Balaban J connectivity index is 1.000. The third kappa shape index (κ3) is 5.64. The lowest BCUT2D eigenvalue weighted by Crippen LogP contribution is -2.00. The van der Waals surface area contributed by atoms with Crippen LogP contribution in [0.1, 0.15) is 0 Å². The van der Waals surface area contributed by atoms with Crippen LogP contribution in [-0.4, -0.2) is 15.0 Å². The van der Waals surface area contributed by atoms with E-state index in [1.165, 1.54) is 90.5 Å². The zero-order valence-corrected chi connectivity index (χ0v) is 35.8. The van der Waals surface area contributed by atoms with Crippen molar-refractivity contribution in [3.8, 4) is 56.4 Å². The van der Waals surface area contributed by atoms with Crippen molar-refractivity contribution < 1.29 is 0 Å². The van der Waals surface area contributed by atoms with Crippen molar-refractivity contribution in [1.82, 2.24) is 15.0 Å². The molecule has 0 saturated carbocycles. The first-order chi connectivity index (χ1) is 32.2. The maximum absolute atomic E-state index is 5.35. The summed E-state index contributed by atoms with van der Waals surface area (Å²) in [7, 11) is 0. The van der Waals surface area contributed by atoms with Crippen LogP contribution in [-0.2, 0) is 0 Å². The van der Waals surface area contributed by atoms with Gasteiger partial charge in [-0.1, -0.05) is 194 Å². The number of hydrogen-bond acceptors (Lipinski definition) is 4. The Hall–Kier alpha value is -8.31. The first kappa shape index (κ1) is 36.2. The molecule has 0 spiro atoms. The van der Waals surface area contributed by atoms with Gasteiger partial charge in [-0.2, -0.15) is 0 Å². The molecule has 4 heteroatoms. The number of fused-ring (bicyclic) bond motifs is 5. The predicted octanol–water partition coefficient (Wildman–Crippen LogP) is 16.9. The maximum atomic E-state index is 5.35. The molecule has 2 aromatic heterocycles. The Morgan fingerprint density at radius 3 is 1.34 bits per heavy atom. The fourth-order valence-electron chi connectivity index (χ4n) is 10.4. The number of aromatic nitrogens is 3. The molecule has 65 heavy (non-hydrogen) atoms. The fourth-order valence-corrected chi connectivity index (χ4v) is 11.6. The van der Waals surface area contributed by atoms with E-state index in [4.69, 9.17) is 15.0 Å². The molecule has 0 radical (unpaired) electrons. The number of rotatable bonds is 5. The van der Waals surface area contributed by atoms with Crippen LogP contribution >= 0.6 is 11.3 Å². The Morgan fingerprint density at radius 2 is 0.708 bits per heavy atom. The van der Waals surface area contributed by atoms with Crippen molar-refractivity contribution in [2.75, 3.05) is 0 Å². The summed E-state index contributed by atoms with van der Waals surface area (Å²) >= 11 is 1.85. The summed E-state index contributed by atoms with van der Waals surface area (Å²) < 4.78 is 2.60. The van der Waals surface area contributed by atoms with Gasteiger partial charge in [0.2, 0.25) is 0 Å². The Bertz CT molecular complexity index is 4200. The fraction of sp³-hybridized carbons (Fsp3) is 0. The lowest BCUT2D eigenvalue weighted by molar-refractivity contribution is 1.07. The van der Waals surface area contributed by atoms with E-state index in [0.29, 0.717) is 17.5 Å². The monoisotopic (exact) mass is 841 g/mol. The molecule has 3 nitrogen and oxygen atoms in total. The van der Waals surface area contributed by atoms with Crippen molar-refractivity contribution in [1.29, 1.82) is 0 Å². The summed E-state index contributed by atoms with van der Waals surface area (Å²) in [4.78, 5) is 15.9. The van der Waals surface area contributed by atoms with Crippen molar-refractivity contribution in [2.45, 2.75) is 0 Å². The molecule has 0 fully saturated rings. The largest absolute Gasteiger partial charge is 0.208 e. The highest BCUT2D eigenvalue weighted by Gasteiger charge is 2.19. The van der Waals surface area contributed by atoms with Gasteiger partial charge in [0.1, 0.15) is 0 Å². The van der Waals surface area contributed by atoms with Crippen molar-refractivity contribution in [3.63, 3.8) is 0 Å². The summed E-state index contributed by atoms with van der Waals surface area (Å²) in [6.07, 6.45) is 0. The summed E-state index contributed by atoms with van der Waals surface area (Å²) in [6.45, 7) is 0. The van der Waals surface area contributed by atoms with Gasteiger partial charge in [0.25, 0.3) is 0 Å². The summed E-state index contributed by atoms with van der Waals surface area (Å²) in [5.74, 6) is 1.90. The smallest absolute Gasteiger partial charge is 0.164 e. The van der Waals surface area contributed by atoms with Crippen LogP contribution in [0, 0.1) is 0 Å². The van der Waals surface area contributed by atoms with Gasteiger partial charge < -0.3 is 0 Å². The van der Waals surface area contributed by atoms with Crippen LogP contribution < -0.4 is 0 Å². The highest BCUT2D eigenvalue weighted by atomic mass is 32.1. The molecule has 14 rings (SSSR count). The van der Waals surface area contributed by atoms with Gasteiger partial charge in [-0.15, -0.1) is 11.3 Å². The quantitative estimate of drug-likeness (QED) is 0.162. The van der Waals surface area contributed by atoms with Gasteiger partial charge in [-0.05, 0) is 105 Å². The molecule has 0 aliphatic carbocycles. The van der Waals surface area contributed by atoms with E-state index in [2.05, 4.69) is 206 Å². The first-order valence-corrected chi connectivity index (χ1v) is 22.9. The van der Waals surface area contributed by atoms with Crippen molar-refractivity contribution in [2.24, 2.45) is 0 Å². The van der Waals surface area contributed by atoms with Crippen LogP contribution in [0.3, 0.4) is 0 Å². The van der Waals surface area contributed by atoms with E-state index in [0.717, 1.165) is 33.2 Å². The highest BCUT2D eigenvalue weighted by Crippen LogP contribution is 2.45. The maximum Gasteiger partial charge on any atom is 0.164 e. The van der Waals surface area contributed by atoms with E-state index in [9.17, 15) is 0 Å². The first-order valence-electron chi connectivity index (χ1n) is 22.1. The highest BCUT2D eigenvalue weighted by molar-refractivity contribution is 7.26. The van der Waals surface area contributed by atoms with Crippen LogP contribution in [0.15, 0.2) is 212 Å². The average molecular weight is 842 g/mol. The second-order valence-electron chi connectivity index (χ2n) is 17.1. The van der Waals surface area contributed by atoms with Gasteiger partial charge in [0, 0.05) is 36.9 Å². The molecule has 0 unspecified atom stereocenters. The van der Waals surface area contributed by atoms with Crippen LogP contribution in [0.25, 0.3) is 141 Å². The molecule has 0 atom stereocenters. The Kier molecular flexibility index (Phi) is 7.85. The third-order valence-corrected chi connectivity index (χ3v) is 14.6. The number of thiophene rings is 1. The van der Waals surface area contributed by atoms with E-state index in [-0.39, 0.29) is 0 Å². The lowest BCUT2D eigenvalue weighted by atomic mass is 9.87. The van der Waals surface area contributed by atoms with E-state index in [1.807, 2.05) is 17.4 Å². The topological polar surface area (TPSA) is 38.7 Å². The zero-order valence-electron chi connectivity index (χ0n) is 35.0. The minimum absolute atomic E-state index is 0.632. The summed E-state index contributed by atoms with van der Waals surface area (Å²) in [5.41, 5.74) is 7.51. The SMILES string of the molecule is c1ccc(-c2ccc(-c3nc(-c4ccc(-c5cccc6c5sc5ccccc56)cc4)nc(-c4cc5ccc6cccc7c8cccc9ccc%10cccc(c(c4)c5c67)c%10c98)n3)cc2)cc1. The second-order valence-corrected chi connectivity index (χ2v) is 18.1. The van der Waals surface area contributed by atoms with Crippen molar-refractivity contribution in [3.05, 3.63) is 212 Å². The number of benzene rings is 11. The molecular formula is C61H35N3S. The number of hydrogen-bond donors (Lipinski definition) is 0. The van der Waals surface area contributed by atoms with Gasteiger partial charge in [-0.25, -0.2) is 15.0 Å². The molecule has 2 heterocycles. The normalized spacial score (nSPS) is 12.0. The summed E-state index contributed by atoms with van der Waals surface area (Å²) in [5, 5.41) is 17.4. The van der Waals surface area contributed by atoms with Gasteiger partial charge in [0.05, 0.1) is 0 Å². The third-order valence-electron chi connectivity index (χ3n) is 13.4. The molecule has 0 aliphatic rings. The second kappa shape index (κ2) is 14.1.